The first-order valence-corrected chi connectivity index (χ1v) is 3.94. The number of rotatable bonds is 3. The maximum atomic E-state index is 10.9. The molecule has 0 aromatic rings. The molecule has 0 aliphatic carbocycles. The molecule has 1 rings (SSSR count). The van der Waals surface area contributed by atoms with E-state index in [1.54, 1.807) is 0 Å². The zero-order chi connectivity index (χ0) is 10.9. The van der Waals surface area contributed by atoms with Gasteiger partial charge in [0, 0.05) is 0 Å². The highest BCUT2D eigenvalue weighted by Gasteiger charge is 2.40. The summed E-state index contributed by atoms with van der Waals surface area (Å²) < 4.78 is 0. The van der Waals surface area contributed by atoms with Gasteiger partial charge in [-0.3, -0.25) is 14.5 Å². The molecule has 0 saturated carbocycles. The topological polar surface area (TPSA) is 107 Å². The van der Waals surface area contributed by atoms with Crippen LogP contribution in [0.1, 0.15) is 6.92 Å². The van der Waals surface area contributed by atoms with Crippen molar-refractivity contribution in [1.82, 2.24) is 10.2 Å². The Labute approximate surface area is 79.3 Å². The van der Waals surface area contributed by atoms with Crippen molar-refractivity contribution in [2.75, 3.05) is 6.54 Å². The molecule has 1 fully saturated rings. The van der Waals surface area contributed by atoms with Crippen LogP contribution >= 0.6 is 0 Å². The van der Waals surface area contributed by atoms with E-state index in [0.717, 1.165) is 4.90 Å². The molecule has 14 heavy (non-hydrogen) atoms. The van der Waals surface area contributed by atoms with Gasteiger partial charge in [0.1, 0.15) is 6.04 Å². The Morgan fingerprint density at radius 2 is 2.14 bits per heavy atom. The molecule has 2 unspecified atom stereocenters. The van der Waals surface area contributed by atoms with Crippen LogP contribution in [0.2, 0.25) is 0 Å². The third-order valence-electron chi connectivity index (χ3n) is 2.04. The van der Waals surface area contributed by atoms with Crippen LogP contribution in [0.5, 0.6) is 0 Å². The molecule has 0 bridgehead atoms. The summed E-state index contributed by atoms with van der Waals surface area (Å²) in [5.74, 6) is -2.90. The predicted molar refractivity (Wildman–Crippen MR) is 43.4 cm³/mol. The van der Waals surface area contributed by atoms with E-state index in [4.69, 9.17) is 10.2 Å². The third-order valence-corrected chi connectivity index (χ3v) is 2.04. The van der Waals surface area contributed by atoms with Crippen molar-refractivity contribution < 1.29 is 24.6 Å². The van der Waals surface area contributed by atoms with Crippen molar-refractivity contribution in [2.45, 2.75) is 19.1 Å². The molecule has 1 amide bonds. The highest BCUT2D eigenvalue weighted by atomic mass is 16.4. The lowest BCUT2D eigenvalue weighted by atomic mass is 10.3. The molecule has 1 aliphatic rings. The molecule has 0 radical (unpaired) electrons. The summed E-state index contributed by atoms with van der Waals surface area (Å²) in [4.78, 5) is 33.2. The van der Waals surface area contributed by atoms with Gasteiger partial charge in [-0.2, -0.15) is 0 Å². The number of carboxylic acid groups (broad SMARTS) is 2. The summed E-state index contributed by atoms with van der Waals surface area (Å²) in [6, 6.07) is -1.00. The minimum absolute atomic E-state index is 0.204. The molecule has 7 heteroatoms. The van der Waals surface area contributed by atoms with Crippen molar-refractivity contribution in [1.29, 1.82) is 0 Å². The number of hydrogen-bond acceptors (Lipinski definition) is 4. The SMILES string of the molecule is CC(C(=O)O)N1CC(=O)NC1C(=O)O. The van der Waals surface area contributed by atoms with E-state index in [0.29, 0.717) is 0 Å². The first-order valence-electron chi connectivity index (χ1n) is 3.94. The number of amides is 1. The Balaban J connectivity index is 2.81. The summed E-state index contributed by atoms with van der Waals surface area (Å²) in [5.41, 5.74) is 0. The fourth-order valence-corrected chi connectivity index (χ4v) is 1.24. The Kier molecular flexibility index (Phi) is 2.70. The lowest BCUT2D eigenvalue weighted by molar-refractivity contribution is -0.148. The van der Waals surface area contributed by atoms with E-state index < -0.39 is 30.1 Å². The van der Waals surface area contributed by atoms with Crippen molar-refractivity contribution in [3.05, 3.63) is 0 Å². The Morgan fingerprint density at radius 3 is 2.57 bits per heavy atom. The van der Waals surface area contributed by atoms with Crippen molar-refractivity contribution in [3.63, 3.8) is 0 Å². The predicted octanol–water partition coefficient (Wildman–Crippen LogP) is -1.70. The zero-order valence-corrected chi connectivity index (χ0v) is 7.43. The standard InChI is InChI=1S/C7H10N2O5/c1-3(6(11)12)9-2-4(10)8-5(9)7(13)14/h3,5H,2H2,1H3,(H,8,10)(H,11,12)(H,13,14). The van der Waals surface area contributed by atoms with Gasteiger partial charge in [0.2, 0.25) is 5.91 Å². The number of nitrogens with zero attached hydrogens (tertiary/aromatic N) is 1. The largest absolute Gasteiger partial charge is 0.480 e. The van der Waals surface area contributed by atoms with E-state index in [1.165, 1.54) is 6.92 Å². The quantitative estimate of drug-likeness (QED) is 0.503. The molecule has 3 N–H and O–H groups in total. The second kappa shape index (κ2) is 3.62. The van der Waals surface area contributed by atoms with Crippen molar-refractivity contribution >= 4 is 17.8 Å². The molecule has 1 aliphatic heterocycles. The summed E-state index contributed by atoms with van der Waals surface area (Å²) >= 11 is 0. The summed E-state index contributed by atoms with van der Waals surface area (Å²) in [7, 11) is 0. The molecular formula is C7H10N2O5. The lowest BCUT2D eigenvalue weighted by Crippen LogP contribution is -2.49. The first kappa shape index (κ1) is 10.5. The van der Waals surface area contributed by atoms with Gasteiger partial charge in [0.25, 0.3) is 0 Å². The minimum atomic E-state index is -1.26. The maximum Gasteiger partial charge on any atom is 0.341 e. The highest BCUT2D eigenvalue weighted by Crippen LogP contribution is 2.09. The number of hydrogen-bond donors (Lipinski definition) is 3. The summed E-state index contributed by atoms with van der Waals surface area (Å²) in [6.45, 7) is 1.13. The van der Waals surface area contributed by atoms with E-state index in [1.807, 2.05) is 0 Å². The molecule has 2 atom stereocenters. The first-order chi connectivity index (χ1) is 6.43. The molecule has 0 aromatic heterocycles. The highest BCUT2D eigenvalue weighted by molar-refractivity contribution is 5.89. The summed E-state index contributed by atoms with van der Waals surface area (Å²) in [6.07, 6.45) is -1.24. The molecule has 0 aromatic carbocycles. The van der Waals surface area contributed by atoms with Crippen LogP contribution < -0.4 is 5.32 Å². The van der Waals surface area contributed by atoms with Gasteiger partial charge in [-0.1, -0.05) is 0 Å². The molecule has 7 nitrogen and oxygen atoms in total. The van der Waals surface area contributed by atoms with Crippen LogP contribution in [-0.4, -0.2) is 51.7 Å². The number of aliphatic carboxylic acids is 2. The lowest BCUT2D eigenvalue weighted by Gasteiger charge is -2.22. The molecular weight excluding hydrogens is 192 g/mol. The third kappa shape index (κ3) is 1.82. The van der Waals surface area contributed by atoms with Crippen LogP contribution in [0.3, 0.4) is 0 Å². The van der Waals surface area contributed by atoms with E-state index in [-0.39, 0.29) is 6.54 Å². The average Bonchev–Trinajstić information content (AvgIpc) is 2.45. The number of carboxylic acids is 2. The monoisotopic (exact) mass is 202 g/mol. The van der Waals surface area contributed by atoms with Gasteiger partial charge < -0.3 is 15.5 Å². The van der Waals surface area contributed by atoms with Gasteiger partial charge in [-0.25, -0.2) is 4.79 Å². The molecule has 1 heterocycles. The Morgan fingerprint density at radius 1 is 1.57 bits per heavy atom. The smallest absolute Gasteiger partial charge is 0.341 e. The van der Waals surface area contributed by atoms with E-state index >= 15 is 0 Å². The van der Waals surface area contributed by atoms with Crippen LogP contribution in [0.4, 0.5) is 0 Å². The van der Waals surface area contributed by atoms with E-state index in [2.05, 4.69) is 5.32 Å². The van der Waals surface area contributed by atoms with Crippen molar-refractivity contribution in [2.24, 2.45) is 0 Å². The van der Waals surface area contributed by atoms with Crippen LogP contribution in [-0.2, 0) is 14.4 Å². The van der Waals surface area contributed by atoms with Crippen LogP contribution in [0.25, 0.3) is 0 Å². The number of nitrogens with one attached hydrogen (secondary N) is 1. The van der Waals surface area contributed by atoms with Gasteiger partial charge in [-0.05, 0) is 6.92 Å². The van der Waals surface area contributed by atoms with Gasteiger partial charge in [-0.15, -0.1) is 0 Å². The summed E-state index contributed by atoms with van der Waals surface area (Å²) in [5, 5.41) is 19.5. The fourth-order valence-electron chi connectivity index (χ4n) is 1.24. The Hall–Kier alpha value is -1.63. The normalized spacial score (nSPS) is 24.4. The molecule has 1 saturated heterocycles. The number of carbonyl (C=O) groups is 3. The average molecular weight is 202 g/mol. The minimum Gasteiger partial charge on any atom is -0.480 e. The maximum absolute atomic E-state index is 10.9. The Bertz CT molecular complexity index is 290. The van der Waals surface area contributed by atoms with Gasteiger partial charge in [0.05, 0.1) is 6.54 Å². The van der Waals surface area contributed by atoms with Gasteiger partial charge >= 0.3 is 11.9 Å². The second-order valence-corrected chi connectivity index (χ2v) is 2.99. The van der Waals surface area contributed by atoms with Crippen molar-refractivity contribution in [3.8, 4) is 0 Å². The van der Waals surface area contributed by atoms with Gasteiger partial charge in [0.15, 0.2) is 6.17 Å². The van der Waals surface area contributed by atoms with Crippen LogP contribution in [0.15, 0.2) is 0 Å². The van der Waals surface area contributed by atoms with Crippen LogP contribution in [0, 0.1) is 0 Å². The second-order valence-electron chi connectivity index (χ2n) is 2.99. The van der Waals surface area contributed by atoms with E-state index in [9.17, 15) is 14.4 Å². The molecule has 78 valence electrons. The molecule has 0 spiro atoms. The number of carbonyl (C=O) groups excluding carboxylic acids is 1. The fraction of sp³-hybridized carbons (Fsp3) is 0.571. The zero-order valence-electron chi connectivity index (χ0n) is 7.43.